The van der Waals surface area contributed by atoms with Crippen LogP contribution in [0, 0.1) is 6.92 Å². The van der Waals surface area contributed by atoms with Crippen molar-refractivity contribution >= 4 is 45.0 Å². The summed E-state index contributed by atoms with van der Waals surface area (Å²) in [5.74, 6) is -0.985. The van der Waals surface area contributed by atoms with Crippen molar-refractivity contribution in [2.45, 2.75) is 33.3 Å². The number of esters is 1. The molecule has 0 aliphatic carbocycles. The smallest absolute Gasteiger partial charge is 0.352 e. The lowest BCUT2D eigenvalue weighted by Crippen LogP contribution is -2.30. The molecule has 1 aromatic heterocycles. The quantitative estimate of drug-likeness (QED) is 0.782. The molecule has 0 spiro atoms. The first-order valence-electron chi connectivity index (χ1n) is 7.01. The van der Waals surface area contributed by atoms with Gasteiger partial charge in [0.25, 0.3) is 5.91 Å². The van der Waals surface area contributed by atoms with Crippen LogP contribution < -0.4 is 5.32 Å². The summed E-state index contributed by atoms with van der Waals surface area (Å²) in [5.41, 5.74) is 2.27. The van der Waals surface area contributed by atoms with E-state index in [-0.39, 0.29) is 0 Å². The van der Waals surface area contributed by atoms with Crippen LogP contribution in [-0.2, 0) is 16.0 Å². The predicted molar refractivity (Wildman–Crippen MR) is 91.7 cm³/mol. The molecular weight excluding hydrogens is 382 g/mol. The van der Waals surface area contributed by atoms with E-state index < -0.39 is 18.0 Å². The van der Waals surface area contributed by atoms with E-state index in [4.69, 9.17) is 4.74 Å². The number of rotatable bonds is 5. The third-order valence-corrected chi connectivity index (χ3v) is 4.52. The minimum absolute atomic E-state index is 0.337. The molecule has 0 radical (unpaired) electrons. The van der Waals surface area contributed by atoms with Gasteiger partial charge in [0, 0.05) is 4.47 Å². The van der Waals surface area contributed by atoms with Crippen molar-refractivity contribution in [3.05, 3.63) is 38.8 Å². The van der Waals surface area contributed by atoms with E-state index in [1.807, 2.05) is 26.0 Å². The molecule has 1 N–H and O–H groups in total. The summed E-state index contributed by atoms with van der Waals surface area (Å²) < 4.78 is 9.70. The number of hydrogen-bond donors (Lipinski definition) is 1. The average molecular weight is 398 g/mol. The van der Waals surface area contributed by atoms with Crippen molar-refractivity contribution < 1.29 is 14.3 Å². The van der Waals surface area contributed by atoms with E-state index in [9.17, 15) is 9.59 Å². The lowest BCUT2D eigenvalue weighted by Gasteiger charge is -2.14. The minimum Gasteiger partial charge on any atom is -0.448 e. The molecule has 122 valence electrons. The largest absolute Gasteiger partial charge is 0.448 e. The first kappa shape index (κ1) is 17.6. The Morgan fingerprint density at radius 1 is 1.43 bits per heavy atom. The van der Waals surface area contributed by atoms with Gasteiger partial charge in [-0.2, -0.15) is 0 Å². The van der Waals surface area contributed by atoms with Crippen LogP contribution in [0.3, 0.4) is 0 Å². The molecule has 1 amide bonds. The Hall–Kier alpha value is -1.80. The van der Waals surface area contributed by atoms with Gasteiger partial charge >= 0.3 is 5.97 Å². The highest BCUT2D eigenvalue weighted by Gasteiger charge is 2.23. The number of anilines is 1. The molecule has 0 unspecified atom stereocenters. The zero-order chi connectivity index (χ0) is 17.0. The van der Waals surface area contributed by atoms with Gasteiger partial charge in [0.05, 0.1) is 11.4 Å². The zero-order valence-corrected chi connectivity index (χ0v) is 15.3. The van der Waals surface area contributed by atoms with E-state index >= 15 is 0 Å². The molecule has 0 saturated carbocycles. The standard InChI is InChI=1S/C15H16BrN3O3S/c1-4-11-13(23-19-18-11)15(21)22-9(3)14(20)17-12-6-5-8(2)7-10(12)16/h5-7,9H,4H2,1-3H3,(H,17,20)/t9-/m0/s1. The highest BCUT2D eigenvalue weighted by Crippen LogP contribution is 2.23. The van der Waals surface area contributed by atoms with Crippen LogP contribution in [-0.4, -0.2) is 27.6 Å². The number of aryl methyl sites for hydroxylation is 2. The number of benzene rings is 1. The molecular formula is C15H16BrN3O3S. The molecule has 0 aliphatic heterocycles. The van der Waals surface area contributed by atoms with E-state index in [1.165, 1.54) is 6.92 Å². The molecule has 0 saturated heterocycles. The molecule has 0 aliphatic rings. The topological polar surface area (TPSA) is 81.2 Å². The number of nitrogens with zero attached hydrogens (tertiary/aromatic N) is 2. The highest BCUT2D eigenvalue weighted by atomic mass is 79.9. The second kappa shape index (κ2) is 7.65. The fourth-order valence-electron chi connectivity index (χ4n) is 1.82. The van der Waals surface area contributed by atoms with Crippen molar-refractivity contribution in [2.75, 3.05) is 5.32 Å². The van der Waals surface area contributed by atoms with Crippen LogP contribution >= 0.6 is 27.5 Å². The number of aromatic nitrogens is 2. The lowest BCUT2D eigenvalue weighted by molar-refractivity contribution is -0.123. The third-order valence-electron chi connectivity index (χ3n) is 3.11. The second-order valence-electron chi connectivity index (χ2n) is 4.92. The Bertz CT molecular complexity index is 733. The van der Waals surface area contributed by atoms with Crippen molar-refractivity contribution in [1.82, 2.24) is 9.59 Å². The molecule has 6 nitrogen and oxygen atoms in total. The molecule has 0 fully saturated rings. The normalized spacial score (nSPS) is 11.8. The number of ether oxygens (including phenoxy) is 1. The van der Waals surface area contributed by atoms with Crippen LogP contribution in [0.1, 0.15) is 34.8 Å². The molecule has 0 bridgehead atoms. The van der Waals surface area contributed by atoms with Gasteiger partial charge in [-0.15, -0.1) is 5.10 Å². The highest BCUT2D eigenvalue weighted by molar-refractivity contribution is 9.10. The average Bonchev–Trinajstić information content (AvgIpc) is 2.98. The third kappa shape index (κ3) is 4.35. The summed E-state index contributed by atoms with van der Waals surface area (Å²) in [6, 6.07) is 5.56. The van der Waals surface area contributed by atoms with Gasteiger partial charge in [-0.1, -0.05) is 17.5 Å². The van der Waals surface area contributed by atoms with E-state index in [0.717, 1.165) is 21.6 Å². The van der Waals surface area contributed by atoms with Gasteiger partial charge in [-0.3, -0.25) is 4.79 Å². The molecule has 1 aromatic carbocycles. The first-order valence-corrected chi connectivity index (χ1v) is 8.58. The van der Waals surface area contributed by atoms with Crippen LogP contribution in [0.2, 0.25) is 0 Å². The van der Waals surface area contributed by atoms with Gasteiger partial charge in [-0.05, 0) is 65.4 Å². The number of halogens is 1. The van der Waals surface area contributed by atoms with Crippen molar-refractivity contribution in [3.8, 4) is 0 Å². The Balaban J connectivity index is 2.01. The van der Waals surface area contributed by atoms with E-state index in [0.29, 0.717) is 22.7 Å². The molecule has 8 heteroatoms. The van der Waals surface area contributed by atoms with Gasteiger partial charge in [0.1, 0.15) is 0 Å². The summed E-state index contributed by atoms with van der Waals surface area (Å²) in [6.45, 7) is 5.35. The van der Waals surface area contributed by atoms with E-state index in [1.54, 1.807) is 6.07 Å². The number of amides is 1. The van der Waals surface area contributed by atoms with Gasteiger partial charge in [0.15, 0.2) is 11.0 Å². The number of carbonyl (C=O) groups is 2. The maximum absolute atomic E-state index is 12.2. The number of hydrogen-bond acceptors (Lipinski definition) is 6. The fraction of sp³-hybridized carbons (Fsp3) is 0.333. The molecule has 2 rings (SSSR count). The molecule has 2 aromatic rings. The van der Waals surface area contributed by atoms with Gasteiger partial charge < -0.3 is 10.1 Å². The summed E-state index contributed by atoms with van der Waals surface area (Å²) >= 11 is 4.36. The summed E-state index contributed by atoms with van der Waals surface area (Å²) in [6.07, 6.45) is -0.347. The second-order valence-corrected chi connectivity index (χ2v) is 6.53. The fourth-order valence-corrected chi connectivity index (χ4v) is 3.05. The lowest BCUT2D eigenvalue weighted by atomic mass is 10.2. The Morgan fingerprint density at radius 2 is 2.17 bits per heavy atom. The monoisotopic (exact) mass is 397 g/mol. The molecule has 1 atom stereocenters. The van der Waals surface area contributed by atoms with Crippen LogP contribution in [0.15, 0.2) is 22.7 Å². The number of carbonyl (C=O) groups excluding carboxylic acids is 2. The predicted octanol–water partition coefficient (Wildman–Crippen LogP) is 3.36. The van der Waals surface area contributed by atoms with Crippen LogP contribution in [0.5, 0.6) is 0 Å². The maximum atomic E-state index is 12.2. The first-order chi connectivity index (χ1) is 10.9. The van der Waals surface area contributed by atoms with Crippen LogP contribution in [0.4, 0.5) is 5.69 Å². The SMILES string of the molecule is CCc1nnsc1C(=O)O[C@@H](C)C(=O)Nc1ccc(C)cc1Br. The summed E-state index contributed by atoms with van der Waals surface area (Å²) in [7, 11) is 0. The van der Waals surface area contributed by atoms with Gasteiger partial charge in [-0.25, -0.2) is 4.79 Å². The van der Waals surface area contributed by atoms with Crippen molar-refractivity contribution in [1.29, 1.82) is 0 Å². The molecule has 23 heavy (non-hydrogen) atoms. The summed E-state index contributed by atoms with van der Waals surface area (Å²) in [5, 5.41) is 6.58. The van der Waals surface area contributed by atoms with Crippen LogP contribution in [0.25, 0.3) is 0 Å². The maximum Gasteiger partial charge on any atom is 0.352 e. The Morgan fingerprint density at radius 3 is 2.83 bits per heavy atom. The van der Waals surface area contributed by atoms with Gasteiger partial charge in [0.2, 0.25) is 0 Å². The van der Waals surface area contributed by atoms with Crippen molar-refractivity contribution in [3.63, 3.8) is 0 Å². The Kier molecular flexibility index (Phi) is 5.84. The van der Waals surface area contributed by atoms with Crippen molar-refractivity contribution in [2.24, 2.45) is 0 Å². The Labute approximate surface area is 146 Å². The summed E-state index contributed by atoms with van der Waals surface area (Å²) in [4.78, 5) is 24.6. The van der Waals surface area contributed by atoms with E-state index in [2.05, 4.69) is 30.8 Å². The number of nitrogens with one attached hydrogen (secondary N) is 1. The zero-order valence-electron chi connectivity index (χ0n) is 12.9. The molecule has 1 heterocycles. The minimum atomic E-state index is -0.928.